The van der Waals surface area contributed by atoms with Gasteiger partial charge in [0, 0.05) is 48.6 Å². The number of methoxy groups -OCH3 is 2. The molecule has 10 nitrogen and oxygen atoms in total. The number of para-hydroxylation sites is 1. The van der Waals surface area contributed by atoms with Gasteiger partial charge in [-0.3, -0.25) is 9.59 Å². The molecule has 1 aliphatic heterocycles. The average Bonchev–Trinajstić information content (AvgIpc) is 3.40. The highest BCUT2D eigenvalue weighted by Gasteiger charge is 2.24. The number of ether oxygens (including phenoxy) is 2. The first kappa shape index (κ1) is 26.9. The second-order valence-electron chi connectivity index (χ2n) is 9.60. The summed E-state index contributed by atoms with van der Waals surface area (Å²) in [7, 11) is 3.12. The van der Waals surface area contributed by atoms with E-state index in [0.29, 0.717) is 48.1 Å². The Balaban J connectivity index is 1.37. The maximum Gasteiger partial charge on any atom is 0.257 e. The number of amides is 2. The zero-order valence-electron chi connectivity index (χ0n) is 23.0. The summed E-state index contributed by atoms with van der Waals surface area (Å²) < 4.78 is 12.5. The summed E-state index contributed by atoms with van der Waals surface area (Å²) in [6.07, 6.45) is 5.10. The van der Waals surface area contributed by atoms with Crippen LogP contribution in [0.5, 0.6) is 5.75 Å². The first-order valence-electron chi connectivity index (χ1n) is 13.1. The van der Waals surface area contributed by atoms with Crippen LogP contribution in [0.15, 0.2) is 54.9 Å². The van der Waals surface area contributed by atoms with E-state index < -0.39 is 0 Å². The van der Waals surface area contributed by atoms with Crippen LogP contribution in [0, 0.1) is 13.8 Å². The van der Waals surface area contributed by atoms with Gasteiger partial charge >= 0.3 is 0 Å². The molecule has 0 aliphatic carbocycles. The highest BCUT2D eigenvalue weighted by molar-refractivity contribution is 6.06. The molecule has 0 bridgehead atoms. The lowest BCUT2D eigenvalue weighted by Crippen LogP contribution is -2.26. The molecule has 0 saturated carbocycles. The fraction of sp³-hybridized carbons (Fsp3) is 0.267. The van der Waals surface area contributed by atoms with Crippen molar-refractivity contribution in [3.63, 3.8) is 0 Å². The van der Waals surface area contributed by atoms with Crippen LogP contribution in [0.25, 0.3) is 5.82 Å². The third kappa shape index (κ3) is 5.39. The maximum atomic E-state index is 13.3. The molecule has 1 aliphatic rings. The molecule has 10 heteroatoms. The Morgan fingerprint density at radius 2 is 1.82 bits per heavy atom. The molecule has 5 rings (SSSR count). The van der Waals surface area contributed by atoms with Gasteiger partial charge in [-0.2, -0.15) is 4.98 Å². The van der Waals surface area contributed by atoms with Gasteiger partial charge in [-0.25, -0.2) is 4.98 Å². The van der Waals surface area contributed by atoms with Gasteiger partial charge in [0.25, 0.3) is 11.8 Å². The molecule has 2 amide bonds. The second-order valence-corrected chi connectivity index (χ2v) is 9.60. The third-order valence-corrected chi connectivity index (χ3v) is 6.96. The summed E-state index contributed by atoms with van der Waals surface area (Å²) in [5, 5.41) is 9.10. The lowest BCUT2D eigenvalue weighted by molar-refractivity contribution is 0.0936. The number of hydrogen-bond donors (Lipinski definition) is 3. The number of aryl methyl sites for hydroxylation is 3. The van der Waals surface area contributed by atoms with Crippen LogP contribution in [0.3, 0.4) is 0 Å². The highest BCUT2D eigenvalue weighted by Crippen LogP contribution is 2.31. The summed E-state index contributed by atoms with van der Waals surface area (Å²) in [5.41, 5.74) is 6.48. The van der Waals surface area contributed by atoms with Crippen molar-refractivity contribution in [3.05, 3.63) is 88.4 Å². The Kier molecular flexibility index (Phi) is 7.79. The third-order valence-electron chi connectivity index (χ3n) is 6.96. The van der Waals surface area contributed by atoms with E-state index in [1.54, 1.807) is 31.5 Å². The molecular weight excluding hydrogens is 508 g/mol. The summed E-state index contributed by atoms with van der Waals surface area (Å²) in [6.45, 7) is 4.82. The van der Waals surface area contributed by atoms with Gasteiger partial charge in [0.1, 0.15) is 11.6 Å². The van der Waals surface area contributed by atoms with Crippen molar-refractivity contribution >= 4 is 29.1 Å². The van der Waals surface area contributed by atoms with E-state index in [2.05, 4.69) is 20.9 Å². The molecule has 0 radical (unpaired) electrons. The molecule has 0 saturated heterocycles. The van der Waals surface area contributed by atoms with Crippen molar-refractivity contribution < 1.29 is 19.1 Å². The van der Waals surface area contributed by atoms with Crippen molar-refractivity contribution in [2.45, 2.75) is 26.7 Å². The Labute approximate surface area is 232 Å². The number of carbonyl (C=O) groups excluding carboxylic acids is 2. The molecule has 0 atom stereocenters. The smallest absolute Gasteiger partial charge is 0.257 e. The van der Waals surface area contributed by atoms with Crippen molar-refractivity contribution in [1.29, 1.82) is 0 Å². The lowest BCUT2D eigenvalue weighted by atomic mass is 10.0. The van der Waals surface area contributed by atoms with Gasteiger partial charge in [-0.15, -0.1) is 0 Å². The van der Waals surface area contributed by atoms with E-state index >= 15 is 0 Å². The van der Waals surface area contributed by atoms with E-state index in [1.165, 1.54) is 7.11 Å². The van der Waals surface area contributed by atoms with Gasteiger partial charge in [-0.05, 0) is 62.1 Å². The van der Waals surface area contributed by atoms with Gasteiger partial charge in [0.05, 0.1) is 25.0 Å². The minimum Gasteiger partial charge on any atom is -0.495 e. The Bertz CT molecular complexity index is 1560. The number of fused-ring (bicyclic) bond motifs is 3. The van der Waals surface area contributed by atoms with Crippen LogP contribution in [0.1, 0.15) is 43.1 Å². The quantitative estimate of drug-likeness (QED) is 0.270. The maximum absolute atomic E-state index is 13.3. The minimum atomic E-state index is -0.218. The van der Waals surface area contributed by atoms with E-state index in [1.807, 2.05) is 48.9 Å². The van der Waals surface area contributed by atoms with Gasteiger partial charge in [0.2, 0.25) is 5.95 Å². The lowest BCUT2D eigenvalue weighted by Gasteiger charge is -2.20. The molecule has 2 aromatic heterocycles. The summed E-state index contributed by atoms with van der Waals surface area (Å²) in [4.78, 5) is 35.0. The summed E-state index contributed by atoms with van der Waals surface area (Å²) >= 11 is 0. The van der Waals surface area contributed by atoms with E-state index in [-0.39, 0.29) is 11.8 Å². The Morgan fingerprint density at radius 3 is 2.58 bits per heavy atom. The second kappa shape index (κ2) is 11.6. The fourth-order valence-corrected chi connectivity index (χ4v) is 4.84. The van der Waals surface area contributed by atoms with Crippen molar-refractivity contribution in [2.24, 2.45) is 0 Å². The number of hydrogen-bond acceptors (Lipinski definition) is 7. The monoisotopic (exact) mass is 540 g/mol. The Hall–Kier alpha value is -4.70. The van der Waals surface area contributed by atoms with Crippen LogP contribution in [-0.4, -0.2) is 53.7 Å². The Morgan fingerprint density at radius 1 is 1.02 bits per heavy atom. The van der Waals surface area contributed by atoms with Crippen LogP contribution in [-0.2, 0) is 17.6 Å². The van der Waals surface area contributed by atoms with Crippen LogP contribution < -0.4 is 20.7 Å². The van der Waals surface area contributed by atoms with Crippen LogP contribution >= 0.6 is 0 Å². The molecule has 0 unspecified atom stereocenters. The summed E-state index contributed by atoms with van der Waals surface area (Å²) in [5.74, 6) is 1.21. The van der Waals surface area contributed by atoms with Crippen molar-refractivity contribution in [1.82, 2.24) is 19.9 Å². The van der Waals surface area contributed by atoms with E-state index in [4.69, 9.17) is 14.5 Å². The average molecular weight is 541 g/mol. The topological polar surface area (TPSA) is 119 Å². The van der Waals surface area contributed by atoms with E-state index in [0.717, 1.165) is 40.3 Å². The molecule has 3 heterocycles. The predicted molar refractivity (Wildman–Crippen MR) is 153 cm³/mol. The van der Waals surface area contributed by atoms with Gasteiger partial charge < -0.3 is 30.0 Å². The zero-order chi connectivity index (χ0) is 28.2. The molecule has 40 heavy (non-hydrogen) atoms. The number of carbonyl (C=O) groups is 2. The number of nitrogens with zero attached hydrogens (tertiary/aromatic N) is 3. The standard InChI is InChI=1S/C30H32N6O4/c1-18-6-5-7-19(2)26(18)34-29(38)22-12-14-36-24(22)11-9-21-17-32-30(35-27(21)36)33-23-10-8-20(16-25(23)40-4)28(37)31-13-15-39-3/h5-8,10,12,14,16-17H,9,11,13,15H2,1-4H3,(H,31,37)(H,34,38)(H,32,33,35). The van der Waals surface area contributed by atoms with Gasteiger partial charge in [-0.1, -0.05) is 18.2 Å². The molecular formula is C30H32N6O4. The number of nitrogens with one attached hydrogen (secondary N) is 3. The molecule has 206 valence electrons. The molecule has 0 spiro atoms. The van der Waals surface area contributed by atoms with Crippen molar-refractivity contribution in [2.75, 3.05) is 38.0 Å². The fourth-order valence-electron chi connectivity index (χ4n) is 4.84. The molecule has 3 N–H and O–H groups in total. The SMILES string of the molecule is COCCNC(=O)c1ccc(Nc2ncc3c(n2)-n2ccc(C(=O)Nc4c(C)cccc4C)c2CC3)c(OC)c1. The highest BCUT2D eigenvalue weighted by atomic mass is 16.5. The largest absolute Gasteiger partial charge is 0.495 e. The number of rotatable bonds is 9. The summed E-state index contributed by atoms with van der Waals surface area (Å²) in [6, 6.07) is 12.9. The molecule has 2 aromatic carbocycles. The zero-order valence-corrected chi connectivity index (χ0v) is 23.0. The number of anilines is 3. The predicted octanol–water partition coefficient (Wildman–Crippen LogP) is 4.36. The van der Waals surface area contributed by atoms with Crippen molar-refractivity contribution in [3.8, 4) is 11.6 Å². The van der Waals surface area contributed by atoms with Gasteiger partial charge in [0.15, 0.2) is 0 Å². The van der Waals surface area contributed by atoms with Crippen LogP contribution in [0.2, 0.25) is 0 Å². The number of benzene rings is 2. The van der Waals surface area contributed by atoms with Crippen LogP contribution in [0.4, 0.5) is 17.3 Å². The molecule has 0 fully saturated rings. The van der Waals surface area contributed by atoms with E-state index in [9.17, 15) is 9.59 Å². The first-order valence-corrected chi connectivity index (χ1v) is 13.1. The normalized spacial score (nSPS) is 11.8. The first-order chi connectivity index (χ1) is 19.4. The molecule has 4 aromatic rings. The minimum absolute atomic E-state index is 0.141. The number of aromatic nitrogens is 3.